The average Bonchev–Trinajstić information content (AvgIpc) is 3.14. The van der Waals surface area contributed by atoms with Crippen LogP contribution in [0.4, 0.5) is 5.88 Å². The molecule has 0 aliphatic heterocycles. The van der Waals surface area contributed by atoms with Crippen molar-refractivity contribution in [3.63, 3.8) is 0 Å². The number of hydrogen-bond acceptors (Lipinski definition) is 6. The van der Waals surface area contributed by atoms with Crippen LogP contribution in [-0.4, -0.2) is 29.9 Å². The second-order valence-corrected chi connectivity index (χ2v) is 6.98. The van der Waals surface area contributed by atoms with Gasteiger partial charge < -0.3 is 9.26 Å². The average molecular weight is 447 g/mol. The number of amides is 1. The molecular formula is C21H16Cl2N2O5. The highest BCUT2D eigenvalue weighted by atomic mass is 35.5. The Hall–Kier alpha value is -3.16. The number of ketones is 1. The van der Waals surface area contributed by atoms with Gasteiger partial charge in [0.25, 0.3) is 0 Å². The number of benzene rings is 2. The summed E-state index contributed by atoms with van der Waals surface area (Å²) in [6, 6.07) is 13.4. The van der Waals surface area contributed by atoms with E-state index >= 15 is 0 Å². The minimum Gasteiger partial charge on any atom is -0.465 e. The van der Waals surface area contributed by atoms with Crippen LogP contribution in [0.15, 0.2) is 53.1 Å². The zero-order chi connectivity index (χ0) is 21.7. The molecule has 7 nitrogen and oxygen atoms in total. The largest absolute Gasteiger partial charge is 0.465 e. The highest BCUT2D eigenvalue weighted by Crippen LogP contribution is 2.38. The Morgan fingerprint density at radius 2 is 1.67 bits per heavy atom. The highest BCUT2D eigenvalue weighted by Gasteiger charge is 2.28. The van der Waals surface area contributed by atoms with Crippen molar-refractivity contribution < 1.29 is 23.6 Å². The van der Waals surface area contributed by atoms with Gasteiger partial charge in [-0.25, -0.2) is 4.79 Å². The van der Waals surface area contributed by atoms with E-state index in [1.807, 2.05) is 0 Å². The predicted molar refractivity (Wildman–Crippen MR) is 112 cm³/mol. The van der Waals surface area contributed by atoms with Crippen LogP contribution in [0.1, 0.15) is 33.6 Å². The molecule has 154 valence electrons. The molecule has 1 heterocycles. The fourth-order valence-electron chi connectivity index (χ4n) is 2.75. The topological polar surface area (TPSA) is 98.5 Å². The molecule has 0 atom stereocenters. The number of nitrogens with zero attached hydrogens (tertiary/aromatic N) is 1. The fourth-order valence-corrected chi connectivity index (χ4v) is 3.32. The molecule has 0 spiro atoms. The lowest BCUT2D eigenvalue weighted by Crippen LogP contribution is -2.15. The van der Waals surface area contributed by atoms with Gasteiger partial charge in [-0.1, -0.05) is 64.8 Å². The molecule has 0 unspecified atom stereocenters. The molecule has 0 fully saturated rings. The van der Waals surface area contributed by atoms with Gasteiger partial charge in [0.2, 0.25) is 11.8 Å². The van der Waals surface area contributed by atoms with E-state index in [9.17, 15) is 14.4 Å². The molecule has 0 radical (unpaired) electrons. The summed E-state index contributed by atoms with van der Waals surface area (Å²) in [5, 5.41) is 6.79. The first-order valence-corrected chi connectivity index (χ1v) is 9.58. The van der Waals surface area contributed by atoms with Crippen LogP contribution in [0, 0.1) is 0 Å². The molecule has 3 aromatic rings. The lowest BCUT2D eigenvalue weighted by molar-refractivity contribution is -0.116. The van der Waals surface area contributed by atoms with Crippen LogP contribution in [0.5, 0.6) is 0 Å². The Labute approximate surface area is 181 Å². The van der Waals surface area contributed by atoms with Crippen molar-refractivity contribution in [1.82, 2.24) is 5.16 Å². The van der Waals surface area contributed by atoms with Crippen molar-refractivity contribution in [2.24, 2.45) is 0 Å². The maximum absolute atomic E-state index is 12.3. The molecular weight excluding hydrogens is 431 g/mol. The monoisotopic (exact) mass is 446 g/mol. The lowest BCUT2D eigenvalue weighted by atomic mass is 10.1. The quantitative estimate of drug-likeness (QED) is 0.403. The minimum absolute atomic E-state index is 0.0132. The zero-order valence-electron chi connectivity index (χ0n) is 15.8. The van der Waals surface area contributed by atoms with Gasteiger partial charge in [0.15, 0.2) is 11.3 Å². The number of carbonyl (C=O) groups excluding carboxylic acids is 3. The normalized spacial score (nSPS) is 10.5. The fraction of sp³-hybridized carbons (Fsp3) is 0.143. The third-order valence-corrected chi connectivity index (χ3v) is 4.84. The maximum atomic E-state index is 12.3. The summed E-state index contributed by atoms with van der Waals surface area (Å²) in [4.78, 5) is 36.8. The van der Waals surface area contributed by atoms with Gasteiger partial charge in [-0.05, 0) is 12.1 Å². The molecule has 0 bridgehead atoms. The lowest BCUT2D eigenvalue weighted by Gasteiger charge is -2.07. The molecule has 2 aromatic carbocycles. The van der Waals surface area contributed by atoms with E-state index in [0.29, 0.717) is 5.56 Å². The van der Waals surface area contributed by atoms with E-state index in [0.717, 1.165) is 0 Å². The smallest absolute Gasteiger partial charge is 0.345 e. The van der Waals surface area contributed by atoms with Gasteiger partial charge in [-0.3, -0.25) is 14.9 Å². The molecule has 1 N–H and O–H groups in total. The van der Waals surface area contributed by atoms with Crippen LogP contribution in [-0.2, 0) is 9.53 Å². The molecule has 0 aliphatic carbocycles. The zero-order valence-corrected chi connectivity index (χ0v) is 17.3. The van der Waals surface area contributed by atoms with Gasteiger partial charge in [-0.2, -0.15) is 0 Å². The van der Waals surface area contributed by atoms with Gasteiger partial charge in [-0.15, -0.1) is 0 Å². The van der Waals surface area contributed by atoms with E-state index in [2.05, 4.69) is 10.5 Å². The van der Waals surface area contributed by atoms with Crippen molar-refractivity contribution >= 4 is 46.7 Å². The van der Waals surface area contributed by atoms with Crippen LogP contribution >= 0.6 is 23.2 Å². The molecule has 1 aromatic heterocycles. The molecule has 0 saturated heterocycles. The first-order valence-electron chi connectivity index (χ1n) is 8.82. The maximum Gasteiger partial charge on any atom is 0.345 e. The van der Waals surface area contributed by atoms with E-state index in [1.165, 1.54) is 7.11 Å². The number of hydrogen-bond donors (Lipinski definition) is 1. The second-order valence-electron chi connectivity index (χ2n) is 6.16. The Morgan fingerprint density at radius 1 is 1.00 bits per heavy atom. The number of carbonyl (C=O) groups is 3. The molecule has 0 saturated carbocycles. The molecule has 1 amide bonds. The number of halogens is 2. The van der Waals surface area contributed by atoms with E-state index in [4.69, 9.17) is 32.5 Å². The molecule has 0 aliphatic rings. The van der Waals surface area contributed by atoms with E-state index in [-0.39, 0.29) is 51.4 Å². The molecule has 9 heteroatoms. The Balaban J connectivity index is 1.81. The predicted octanol–water partition coefficient (Wildman–Crippen LogP) is 5.04. The number of aromatic nitrogens is 1. The van der Waals surface area contributed by atoms with E-state index in [1.54, 1.807) is 48.5 Å². The SMILES string of the molecule is COC(=O)c1c(-c2c(Cl)cccc2Cl)noc1NC(=O)CCC(=O)c1ccccc1. The number of methoxy groups -OCH3 is 1. The highest BCUT2D eigenvalue weighted by molar-refractivity contribution is 6.39. The summed E-state index contributed by atoms with van der Waals surface area (Å²) in [7, 11) is 1.18. The van der Waals surface area contributed by atoms with Crippen LogP contribution in [0.25, 0.3) is 11.3 Å². The van der Waals surface area contributed by atoms with Crippen molar-refractivity contribution in [2.75, 3.05) is 12.4 Å². The first-order chi connectivity index (χ1) is 14.4. The Morgan fingerprint density at radius 3 is 2.30 bits per heavy atom. The summed E-state index contributed by atoms with van der Waals surface area (Å²) in [6.45, 7) is 0. The van der Waals surface area contributed by atoms with Crippen molar-refractivity contribution in [2.45, 2.75) is 12.8 Å². The van der Waals surface area contributed by atoms with Crippen LogP contribution in [0.2, 0.25) is 10.0 Å². The third kappa shape index (κ3) is 4.69. The Bertz CT molecular complexity index is 1080. The van der Waals surface area contributed by atoms with Crippen molar-refractivity contribution in [3.8, 4) is 11.3 Å². The summed E-state index contributed by atoms with van der Waals surface area (Å²) >= 11 is 12.4. The minimum atomic E-state index is -0.794. The molecule has 30 heavy (non-hydrogen) atoms. The first kappa shape index (κ1) is 21.5. The Kier molecular flexibility index (Phi) is 6.87. The number of Topliss-reactive ketones (excluding diaryl/α,β-unsaturated/α-hetero) is 1. The number of nitrogens with one attached hydrogen (secondary N) is 1. The summed E-state index contributed by atoms with van der Waals surface area (Å²) in [5.41, 5.74) is 0.684. The molecule has 3 rings (SSSR count). The van der Waals surface area contributed by atoms with Gasteiger partial charge in [0.05, 0.1) is 17.2 Å². The number of rotatable bonds is 7. The van der Waals surface area contributed by atoms with E-state index < -0.39 is 11.9 Å². The van der Waals surface area contributed by atoms with Crippen LogP contribution in [0.3, 0.4) is 0 Å². The van der Waals surface area contributed by atoms with Gasteiger partial charge in [0.1, 0.15) is 5.69 Å². The number of esters is 1. The van der Waals surface area contributed by atoms with Gasteiger partial charge in [0, 0.05) is 24.0 Å². The number of anilines is 1. The number of ether oxygens (including phenoxy) is 1. The standard InChI is InChI=1S/C21H16Cl2N2O5/c1-29-21(28)18-19(17-13(22)8-5-9-14(17)23)25-30-20(18)24-16(27)11-10-15(26)12-6-3-2-4-7-12/h2-9H,10-11H2,1H3,(H,24,27). The van der Waals surface area contributed by atoms with Gasteiger partial charge >= 0.3 is 5.97 Å². The summed E-state index contributed by atoms with van der Waals surface area (Å²) < 4.78 is 9.94. The van der Waals surface area contributed by atoms with Crippen molar-refractivity contribution in [3.05, 3.63) is 69.7 Å². The van der Waals surface area contributed by atoms with Crippen molar-refractivity contribution in [1.29, 1.82) is 0 Å². The van der Waals surface area contributed by atoms with Crippen LogP contribution < -0.4 is 5.32 Å². The third-order valence-electron chi connectivity index (χ3n) is 4.21. The second kappa shape index (κ2) is 9.56. The summed E-state index contributed by atoms with van der Waals surface area (Å²) in [6.07, 6.45) is -0.127. The summed E-state index contributed by atoms with van der Waals surface area (Å²) in [5.74, 6) is -1.72.